The minimum atomic E-state index is 0.579. The van der Waals surface area contributed by atoms with Gasteiger partial charge in [0.05, 0.1) is 5.69 Å². The van der Waals surface area contributed by atoms with Crippen LogP contribution in [0.25, 0.3) is 0 Å². The minimum absolute atomic E-state index is 0.579. The fourth-order valence-corrected chi connectivity index (χ4v) is 2.62. The van der Waals surface area contributed by atoms with E-state index in [9.17, 15) is 0 Å². The molecule has 0 bridgehead atoms. The molecule has 3 heteroatoms. The normalized spacial score (nSPS) is 18.7. The van der Waals surface area contributed by atoms with Gasteiger partial charge in [0.1, 0.15) is 5.76 Å². The van der Waals surface area contributed by atoms with Crippen LogP contribution in [0.4, 0.5) is 0 Å². The van der Waals surface area contributed by atoms with Gasteiger partial charge in [-0.25, -0.2) is 4.98 Å². The highest BCUT2D eigenvalue weighted by Crippen LogP contribution is 2.33. The number of halogens is 1. The first-order chi connectivity index (χ1) is 6.81. The molecule has 0 unspecified atom stereocenters. The number of hydrogen-bond acceptors (Lipinski definition) is 2. The quantitative estimate of drug-likeness (QED) is 0.751. The van der Waals surface area contributed by atoms with Crippen molar-refractivity contribution >= 4 is 15.9 Å². The van der Waals surface area contributed by atoms with Crippen LogP contribution >= 0.6 is 15.9 Å². The molecule has 0 atom stereocenters. The van der Waals surface area contributed by atoms with E-state index in [4.69, 9.17) is 4.42 Å². The van der Waals surface area contributed by atoms with Crippen LogP contribution in [-0.2, 0) is 5.33 Å². The molecule has 1 fully saturated rings. The van der Waals surface area contributed by atoms with E-state index in [0.717, 1.165) is 22.7 Å². The second-order valence-electron chi connectivity index (χ2n) is 4.02. The van der Waals surface area contributed by atoms with Crippen molar-refractivity contribution in [2.45, 2.75) is 50.3 Å². The summed E-state index contributed by atoms with van der Waals surface area (Å²) in [5.41, 5.74) is 1.06. The Morgan fingerprint density at radius 3 is 2.64 bits per heavy atom. The molecular formula is C11H16BrNO. The molecule has 0 amide bonds. The van der Waals surface area contributed by atoms with Gasteiger partial charge in [0.2, 0.25) is 0 Å². The van der Waals surface area contributed by atoms with Crippen LogP contribution < -0.4 is 0 Å². The van der Waals surface area contributed by atoms with Crippen LogP contribution in [0.3, 0.4) is 0 Å². The standard InChI is InChI=1S/C11H16BrNO/c1-8-10(7-12)13-11(14-8)9-5-3-2-4-6-9/h9H,2-7H2,1H3. The van der Waals surface area contributed by atoms with E-state index in [1.165, 1.54) is 32.1 Å². The molecule has 0 spiro atoms. The van der Waals surface area contributed by atoms with Gasteiger partial charge in [-0.2, -0.15) is 0 Å². The van der Waals surface area contributed by atoms with Crippen molar-refractivity contribution in [3.63, 3.8) is 0 Å². The predicted octanol–water partition coefficient (Wildman–Crippen LogP) is 3.93. The van der Waals surface area contributed by atoms with Crippen molar-refractivity contribution in [3.05, 3.63) is 17.3 Å². The Hall–Kier alpha value is -0.310. The molecule has 0 aromatic carbocycles. The van der Waals surface area contributed by atoms with E-state index in [0.29, 0.717) is 5.92 Å². The molecule has 2 rings (SSSR count). The minimum Gasteiger partial charge on any atom is -0.445 e. The largest absolute Gasteiger partial charge is 0.445 e. The summed E-state index contributed by atoms with van der Waals surface area (Å²) in [6.45, 7) is 2.00. The summed E-state index contributed by atoms with van der Waals surface area (Å²) in [5.74, 6) is 2.52. The number of oxazole rings is 1. The molecule has 78 valence electrons. The van der Waals surface area contributed by atoms with Crippen LogP contribution in [0.15, 0.2) is 4.42 Å². The maximum atomic E-state index is 5.70. The number of aryl methyl sites for hydroxylation is 1. The van der Waals surface area contributed by atoms with E-state index in [1.807, 2.05) is 6.92 Å². The van der Waals surface area contributed by atoms with Gasteiger partial charge >= 0.3 is 0 Å². The van der Waals surface area contributed by atoms with Crippen LogP contribution in [0.5, 0.6) is 0 Å². The highest BCUT2D eigenvalue weighted by atomic mass is 79.9. The summed E-state index contributed by atoms with van der Waals surface area (Å²) in [6.07, 6.45) is 6.54. The fraction of sp³-hybridized carbons (Fsp3) is 0.727. The summed E-state index contributed by atoms with van der Waals surface area (Å²) >= 11 is 3.42. The predicted molar refractivity (Wildman–Crippen MR) is 59.7 cm³/mol. The SMILES string of the molecule is Cc1oc(C2CCCCC2)nc1CBr. The van der Waals surface area contributed by atoms with Crippen molar-refractivity contribution in [1.29, 1.82) is 0 Å². The lowest BCUT2D eigenvalue weighted by Crippen LogP contribution is -2.04. The van der Waals surface area contributed by atoms with Gasteiger partial charge in [-0.3, -0.25) is 0 Å². The average Bonchev–Trinajstić information content (AvgIpc) is 2.61. The summed E-state index contributed by atoms with van der Waals surface area (Å²) in [7, 11) is 0. The molecule has 0 N–H and O–H groups in total. The maximum Gasteiger partial charge on any atom is 0.197 e. The molecule has 0 saturated heterocycles. The van der Waals surface area contributed by atoms with Crippen molar-refractivity contribution in [3.8, 4) is 0 Å². The van der Waals surface area contributed by atoms with Gasteiger partial charge in [0, 0.05) is 11.2 Å². The summed E-state index contributed by atoms with van der Waals surface area (Å²) in [4.78, 5) is 4.54. The van der Waals surface area contributed by atoms with Gasteiger partial charge in [-0.05, 0) is 19.8 Å². The lowest BCUT2D eigenvalue weighted by Gasteiger charge is -2.17. The molecule has 14 heavy (non-hydrogen) atoms. The number of nitrogens with zero attached hydrogens (tertiary/aromatic N) is 1. The van der Waals surface area contributed by atoms with Crippen molar-refractivity contribution in [1.82, 2.24) is 4.98 Å². The third kappa shape index (κ3) is 2.02. The van der Waals surface area contributed by atoms with Gasteiger partial charge in [0.15, 0.2) is 5.89 Å². The Balaban J connectivity index is 2.14. The van der Waals surface area contributed by atoms with Gasteiger partial charge in [0.25, 0.3) is 0 Å². The third-order valence-electron chi connectivity index (χ3n) is 2.99. The smallest absolute Gasteiger partial charge is 0.197 e. The van der Waals surface area contributed by atoms with Crippen molar-refractivity contribution in [2.75, 3.05) is 0 Å². The molecule has 2 nitrogen and oxygen atoms in total. The van der Waals surface area contributed by atoms with Gasteiger partial charge in [-0.1, -0.05) is 35.2 Å². The molecule has 1 aliphatic carbocycles. The first-order valence-corrected chi connectivity index (χ1v) is 6.45. The van der Waals surface area contributed by atoms with Crippen LogP contribution in [0.2, 0.25) is 0 Å². The zero-order valence-electron chi connectivity index (χ0n) is 8.55. The van der Waals surface area contributed by atoms with Gasteiger partial charge in [-0.15, -0.1) is 0 Å². The Kier molecular flexibility index (Phi) is 3.26. The Morgan fingerprint density at radius 2 is 2.07 bits per heavy atom. The molecule has 1 aliphatic rings. The van der Waals surface area contributed by atoms with Crippen LogP contribution in [0, 0.1) is 6.92 Å². The number of aromatic nitrogens is 1. The topological polar surface area (TPSA) is 26.0 Å². The second kappa shape index (κ2) is 4.47. The van der Waals surface area contributed by atoms with E-state index in [1.54, 1.807) is 0 Å². The van der Waals surface area contributed by atoms with E-state index >= 15 is 0 Å². The summed E-state index contributed by atoms with van der Waals surface area (Å²) in [6, 6.07) is 0. The van der Waals surface area contributed by atoms with Crippen LogP contribution in [0.1, 0.15) is 55.4 Å². The molecule has 1 heterocycles. The average molecular weight is 258 g/mol. The van der Waals surface area contributed by atoms with Crippen molar-refractivity contribution in [2.24, 2.45) is 0 Å². The zero-order valence-corrected chi connectivity index (χ0v) is 10.1. The highest BCUT2D eigenvalue weighted by molar-refractivity contribution is 9.08. The first kappa shape index (κ1) is 10.2. The number of hydrogen-bond donors (Lipinski definition) is 0. The van der Waals surface area contributed by atoms with E-state index in [2.05, 4.69) is 20.9 Å². The molecule has 0 radical (unpaired) electrons. The second-order valence-corrected chi connectivity index (χ2v) is 4.58. The third-order valence-corrected chi connectivity index (χ3v) is 3.52. The summed E-state index contributed by atoms with van der Waals surface area (Å²) < 4.78 is 5.70. The molecule has 1 aromatic rings. The van der Waals surface area contributed by atoms with Crippen molar-refractivity contribution < 1.29 is 4.42 Å². The maximum absolute atomic E-state index is 5.70. The monoisotopic (exact) mass is 257 g/mol. The number of alkyl halides is 1. The van der Waals surface area contributed by atoms with E-state index < -0.39 is 0 Å². The number of rotatable bonds is 2. The fourth-order valence-electron chi connectivity index (χ4n) is 2.10. The highest BCUT2D eigenvalue weighted by Gasteiger charge is 2.21. The molecular weight excluding hydrogens is 242 g/mol. The Labute approximate surface area is 93.2 Å². The molecule has 1 saturated carbocycles. The lowest BCUT2D eigenvalue weighted by molar-refractivity contribution is 0.356. The van der Waals surface area contributed by atoms with Crippen LogP contribution in [-0.4, -0.2) is 4.98 Å². The zero-order chi connectivity index (χ0) is 9.97. The lowest BCUT2D eigenvalue weighted by atomic mass is 9.89. The Bertz CT molecular complexity index is 302. The summed E-state index contributed by atoms with van der Waals surface area (Å²) in [5, 5.41) is 0.801. The first-order valence-electron chi connectivity index (χ1n) is 5.33. The molecule has 0 aliphatic heterocycles. The Morgan fingerprint density at radius 1 is 1.36 bits per heavy atom. The van der Waals surface area contributed by atoms with Gasteiger partial charge < -0.3 is 4.42 Å². The molecule has 1 aromatic heterocycles. The van der Waals surface area contributed by atoms with E-state index in [-0.39, 0.29) is 0 Å².